The Bertz CT molecular complexity index is 484. The van der Waals surface area contributed by atoms with E-state index in [1.54, 1.807) is 24.3 Å². The average Bonchev–Trinajstić information content (AvgIpc) is 2.96. The summed E-state index contributed by atoms with van der Waals surface area (Å²) in [6.07, 6.45) is 0.958. The van der Waals surface area contributed by atoms with Gasteiger partial charge in [-0.25, -0.2) is 0 Å². The Hall–Kier alpha value is -2.08. The number of para-hydroxylation sites is 1. The molecule has 6 nitrogen and oxygen atoms in total. The van der Waals surface area contributed by atoms with Crippen LogP contribution in [0.15, 0.2) is 24.3 Å². The molecule has 1 aliphatic heterocycles. The molecule has 2 rings (SSSR count). The van der Waals surface area contributed by atoms with Crippen LogP contribution in [0.4, 0.5) is 0 Å². The summed E-state index contributed by atoms with van der Waals surface area (Å²) in [6.45, 7) is 1.75. The Kier molecular flexibility index (Phi) is 4.95. The zero-order valence-corrected chi connectivity index (χ0v) is 11.1. The molecule has 0 bridgehead atoms. The molecule has 1 aromatic rings. The van der Waals surface area contributed by atoms with Crippen LogP contribution in [0.1, 0.15) is 16.8 Å². The molecular weight excluding hydrogens is 260 g/mol. The van der Waals surface area contributed by atoms with E-state index < -0.39 is 5.91 Å². The van der Waals surface area contributed by atoms with Crippen LogP contribution in [0.2, 0.25) is 0 Å². The summed E-state index contributed by atoms with van der Waals surface area (Å²) in [5.74, 6) is -0.0931. The second kappa shape index (κ2) is 6.91. The Morgan fingerprint density at radius 1 is 1.40 bits per heavy atom. The van der Waals surface area contributed by atoms with Crippen molar-refractivity contribution in [3.8, 4) is 5.75 Å². The first-order valence-corrected chi connectivity index (χ1v) is 6.53. The number of rotatable bonds is 6. The van der Waals surface area contributed by atoms with Gasteiger partial charge in [-0.15, -0.1) is 0 Å². The fraction of sp³-hybridized carbons (Fsp3) is 0.429. The van der Waals surface area contributed by atoms with Crippen molar-refractivity contribution in [2.45, 2.75) is 6.42 Å². The molecule has 3 N–H and O–H groups in total. The highest BCUT2D eigenvalue weighted by Crippen LogP contribution is 2.18. The fourth-order valence-electron chi connectivity index (χ4n) is 2.01. The van der Waals surface area contributed by atoms with E-state index >= 15 is 0 Å². The van der Waals surface area contributed by atoms with Gasteiger partial charge in [0.05, 0.1) is 12.2 Å². The second-order valence-electron chi connectivity index (χ2n) is 4.69. The van der Waals surface area contributed by atoms with Gasteiger partial charge in [0.1, 0.15) is 5.75 Å². The summed E-state index contributed by atoms with van der Waals surface area (Å²) < 4.78 is 10.5. The summed E-state index contributed by atoms with van der Waals surface area (Å²) in [5.41, 5.74) is 5.43. The number of ether oxygens (including phenoxy) is 2. The number of benzene rings is 1. The highest BCUT2D eigenvalue weighted by molar-refractivity contribution is 5.97. The van der Waals surface area contributed by atoms with Crippen LogP contribution in [0.5, 0.6) is 5.75 Å². The molecule has 1 aromatic carbocycles. The predicted molar refractivity (Wildman–Crippen MR) is 72.4 cm³/mol. The minimum atomic E-state index is -0.580. The van der Waals surface area contributed by atoms with E-state index in [1.807, 2.05) is 0 Å². The van der Waals surface area contributed by atoms with E-state index in [9.17, 15) is 9.59 Å². The fourth-order valence-corrected chi connectivity index (χ4v) is 2.01. The first-order chi connectivity index (χ1) is 9.66. The molecule has 1 heterocycles. The monoisotopic (exact) mass is 278 g/mol. The van der Waals surface area contributed by atoms with Gasteiger partial charge in [0.25, 0.3) is 11.8 Å². The summed E-state index contributed by atoms with van der Waals surface area (Å²) in [7, 11) is 0. The standard InChI is InChI=1S/C14H18N2O4/c15-13(17)9-20-12-4-2-1-3-11(12)14(18)16-7-10-5-6-19-8-10/h1-4,10H,5-9H2,(H2,15,17)(H,16,18). The third-order valence-corrected chi connectivity index (χ3v) is 3.08. The smallest absolute Gasteiger partial charge is 0.255 e. The van der Waals surface area contributed by atoms with Crippen molar-refractivity contribution in [1.82, 2.24) is 5.32 Å². The van der Waals surface area contributed by atoms with Crippen LogP contribution in [0.25, 0.3) is 0 Å². The van der Waals surface area contributed by atoms with E-state index in [4.69, 9.17) is 15.2 Å². The Morgan fingerprint density at radius 3 is 2.90 bits per heavy atom. The number of hydrogen-bond acceptors (Lipinski definition) is 4. The molecule has 1 atom stereocenters. The quantitative estimate of drug-likeness (QED) is 0.784. The Balaban J connectivity index is 1.95. The number of amides is 2. The number of nitrogens with one attached hydrogen (secondary N) is 1. The van der Waals surface area contributed by atoms with Gasteiger partial charge in [-0.3, -0.25) is 9.59 Å². The number of primary amides is 1. The first-order valence-electron chi connectivity index (χ1n) is 6.53. The van der Waals surface area contributed by atoms with Gasteiger partial charge in [-0.05, 0) is 18.6 Å². The molecule has 0 radical (unpaired) electrons. The van der Waals surface area contributed by atoms with Crippen LogP contribution < -0.4 is 15.8 Å². The van der Waals surface area contributed by atoms with Gasteiger partial charge in [0, 0.05) is 19.1 Å². The van der Waals surface area contributed by atoms with Gasteiger partial charge < -0.3 is 20.5 Å². The third-order valence-electron chi connectivity index (χ3n) is 3.08. The predicted octanol–water partition coefficient (Wildman–Crippen LogP) is 0.317. The first kappa shape index (κ1) is 14.3. The number of nitrogens with two attached hydrogens (primary N) is 1. The highest BCUT2D eigenvalue weighted by atomic mass is 16.5. The summed E-state index contributed by atoms with van der Waals surface area (Å²) in [5, 5.41) is 2.85. The van der Waals surface area contributed by atoms with Gasteiger partial charge in [0.15, 0.2) is 6.61 Å². The molecule has 2 amide bonds. The van der Waals surface area contributed by atoms with Crippen LogP contribution in [-0.4, -0.2) is 38.2 Å². The van der Waals surface area contributed by atoms with E-state index in [0.29, 0.717) is 30.4 Å². The summed E-state index contributed by atoms with van der Waals surface area (Å²) in [4.78, 5) is 22.9. The zero-order chi connectivity index (χ0) is 14.4. The van der Waals surface area contributed by atoms with Crippen LogP contribution in [-0.2, 0) is 9.53 Å². The van der Waals surface area contributed by atoms with E-state index in [1.165, 1.54) is 0 Å². The summed E-state index contributed by atoms with van der Waals surface area (Å²) >= 11 is 0. The SMILES string of the molecule is NC(=O)COc1ccccc1C(=O)NCC1CCOC1. The highest BCUT2D eigenvalue weighted by Gasteiger charge is 2.18. The molecule has 1 saturated heterocycles. The van der Waals surface area contributed by atoms with Crippen molar-refractivity contribution in [1.29, 1.82) is 0 Å². The van der Waals surface area contributed by atoms with Crippen molar-refractivity contribution in [2.75, 3.05) is 26.4 Å². The normalized spacial score (nSPS) is 17.7. The topological polar surface area (TPSA) is 90.7 Å². The lowest BCUT2D eigenvalue weighted by Crippen LogP contribution is -2.30. The van der Waals surface area contributed by atoms with Crippen molar-refractivity contribution in [2.24, 2.45) is 11.7 Å². The second-order valence-corrected chi connectivity index (χ2v) is 4.69. The van der Waals surface area contributed by atoms with Gasteiger partial charge in [-0.1, -0.05) is 12.1 Å². The van der Waals surface area contributed by atoms with Crippen molar-refractivity contribution in [3.63, 3.8) is 0 Å². The third kappa shape index (κ3) is 3.96. The molecule has 1 fully saturated rings. The number of carbonyl (C=O) groups is 2. The average molecular weight is 278 g/mol. The molecule has 0 aliphatic carbocycles. The van der Waals surface area contributed by atoms with Crippen molar-refractivity contribution in [3.05, 3.63) is 29.8 Å². The number of carbonyl (C=O) groups excluding carboxylic acids is 2. The van der Waals surface area contributed by atoms with Crippen molar-refractivity contribution >= 4 is 11.8 Å². The molecule has 20 heavy (non-hydrogen) atoms. The molecule has 1 unspecified atom stereocenters. The minimum absolute atomic E-state index is 0.225. The van der Waals surface area contributed by atoms with Crippen LogP contribution >= 0.6 is 0 Å². The molecule has 108 valence electrons. The molecular formula is C14H18N2O4. The maximum Gasteiger partial charge on any atom is 0.255 e. The largest absolute Gasteiger partial charge is 0.483 e. The van der Waals surface area contributed by atoms with Crippen LogP contribution in [0, 0.1) is 5.92 Å². The van der Waals surface area contributed by atoms with Gasteiger partial charge in [-0.2, -0.15) is 0 Å². The van der Waals surface area contributed by atoms with Gasteiger partial charge >= 0.3 is 0 Å². The van der Waals surface area contributed by atoms with Crippen molar-refractivity contribution < 1.29 is 19.1 Å². The molecule has 1 aliphatic rings. The van der Waals surface area contributed by atoms with E-state index in [0.717, 1.165) is 13.0 Å². The lowest BCUT2D eigenvalue weighted by atomic mass is 10.1. The van der Waals surface area contributed by atoms with Crippen LogP contribution in [0.3, 0.4) is 0 Å². The lowest BCUT2D eigenvalue weighted by molar-refractivity contribution is -0.119. The van der Waals surface area contributed by atoms with E-state index in [2.05, 4.69) is 5.32 Å². The zero-order valence-electron chi connectivity index (χ0n) is 11.1. The molecule has 0 spiro atoms. The molecule has 6 heteroatoms. The number of hydrogen-bond donors (Lipinski definition) is 2. The van der Waals surface area contributed by atoms with E-state index in [-0.39, 0.29) is 12.5 Å². The minimum Gasteiger partial charge on any atom is -0.483 e. The van der Waals surface area contributed by atoms with Gasteiger partial charge in [0.2, 0.25) is 0 Å². The lowest BCUT2D eigenvalue weighted by Gasteiger charge is -2.12. The molecule has 0 saturated carbocycles. The Labute approximate surface area is 117 Å². The Morgan fingerprint density at radius 2 is 2.20 bits per heavy atom. The summed E-state index contributed by atoms with van der Waals surface area (Å²) in [6, 6.07) is 6.76. The maximum atomic E-state index is 12.1. The maximum absolute atomic E-state index is 12.1. The molecule has 0 aromatic heterocycles.